The molecular weight excluding hydrogens is 305 g/mol. The van der Waals surface area contributed by atoms with Crippen LogP contribution in [0.2, 0.25) is 0 Å². The predicted octanol–water partition coefficient (Wildman–Crippen LogP) is 3.93. The Labute approximate surface area is 139 Å². The van der Waals surface area contributed by atoms with Gasteiger partial charge in [-0.1, -0.05) is 18.2 Å². The Balaban J connectivity index is 1.61. The molecule has 5 heteroatoms. The lowest BCUT2D eigenvalue weighted by molar-refractivity contribution is 0.270. The van der Waals surface area contributed by atoms with Crippen LogP contribution in [0.4, 0.5) is 15.9 Å². The highest BCUT2D eigenvalue weighted by Gasteiger charge is 2.21. The molecule has 0 bridgehead atoms. The summed E-state index contributed by atoms with van der Waals surface area (Å²) in [6, 6.07) is 13.3. The number of nitrogen functional groups attached to an aromatic ring is 1. The van der Waals surface area contributed by atoms with Crippen molar-refractivity contribution < 1.29 is 9.13 Å². The standard InChI is InChI=1S/C19H18FN3O/c20-17-11-23-19(15-6-5-13(21)9-16(15)17)22-10-12-7-8-24-18-4-2-1-3-14(12)18/h1-6,9,11-12H,7-8,10,21H2,(H,22,23). The van der Waals surface area contributed by atoms with Gasteiger partial charge in [-0.3, -0.25) is 0 Å². The van der Waals surface area contributed by atoms with Crippen molar-refractivity contribution >= 4 is 22.3 Å². The first kappa shape index (κ1) is 14.8. The Hall–Kier alpha value is -2.82. The molecule has 2 aromatic carbocycles. The van der Waals surface area contributed by atoms with Gasteiger partial charge in [0.25, 0.3) is 0 Å². The Bertz CT molecular complexity index is 897. The largest absolute Gasteiger partial charge is 0.493 e. The molecule has 0 aliphatic carbocycles. The third-order valence-corrected chi connectivity index (χ3v) is 4.46. The lowest BCUT2D eigenvalue weighted by Crippen LogP contribution is -2.21. The van der Waals surface area contributed by atoms with Crippen LogP contribution in [0.15, 0.2) is 48.7 Å². The van der Waals surface area contributed by atoms with Crippen LogP contribution in [0, 0.1) is 5.82 Å². The normalized spacial score (nSPS) is 16.5. The van der Waals surface area contributed by atoms with E-state index >= 15 is 0 Å². The van der Waals surface area contributed by atoms with Gasteiger partial charge in [-0.15, -0.1) is 0 Å². The molecule has 122 valence electrons. The Morgan fingerprint density at radius 3 is 3.00 bits per heavy atom. The molecule has 1 atom stereocenters. The second-order valence-corrected chi connectivity index (χ2v) is 6.01. The summed E-state index contributed by atoms with van der Waals surface area (Å²) in [6.45, 7) is 1.43. The molecule has 1 unspecified atom stereocenters. The molecule has 0 saturated carbocycles. The number of nitrogens with zero attached hydrogens (tertiary/aromatic N) is 1. The quantitative estimate of drug-likeness (QED) is 0.717. The summed E-state index contributed by atoms with van der Waals surface area (Å²) in [7, 11) is 0. The fraction of sp³-hybridized carbons (Fsp3) is 0.211. The maximum absolute atomic E-state index is 14.0. The van der Waals surface area contributed by atoms with Crippen molar-refractivity contribution in [3.8, 4) is 5.75 Å². The molecule has 2 heterocycles. The molecule has 4 nitrogen and oxygen atoms in total. The van der Waals surface area contributed by atoms with Crippen LogP contribution in [0.5, 0.6) is 5.75 Å². The van der Waals surface area contributed by atoms with E-state index in [1.165, 1.54) is 11.8 Å². The first-order valence-electron chi connectivity index (χ1n) is 8.02. The minimum absolute atomic E-state index is 0.339. The van der Waals surface area contributed by atoms with Gasteiger partial charge in [0.05, 0.1) is 12.8 Å². The molecule has 0 amide bonds. The van der Waals surface area contributed by atoms with E-state index < -0.39 is 0 Å². The van der Waals surface area contributed by atoms with Gasteiger partial charge < -0.3 is 15.8 Å². The molecule has 3 aromatic rings. The number of anilines is 2. The molecule has 4 rings (SSSR count). The highest BCUT2D eigenvalue weighted by molar-refractivity contribution is 5.94. The fourth-order valence-corrected chi connectivity index (χ4v) is 3.21. The number of benzene rings is 2. The maximum Gasteiger partial charge on any atom is 0.149 e. The molecule has 0 saturated heterocycles. The van der Waals surface area contributed by atoms with Crippen molar-refractivity contribution in [2.75, 3.05) is 24.2 Å². The molecule has 1 aromatic heterocycles. The molecule has 0 spiro atoms. The van der Waals surface area contributed by atoms with Gasteiger partial charge in [-0.2, -0.15) is 0 Å². The van der Waals surface area contributed by atoms with Crippen LogP contribution in [0.1, 0.15) is 17.9 Å². The first-order chi connectivity index (χ1) is 11.7. The summed E-state index contributed by atoms with van der Waals surface area (Å²) in [5.74, 6) is 1.60. The Morgan fingerprint density at radius 2 is 2.08 bits per heavy atom. The zero-order chi connectivity index (χ0) is 16.5. The minimum Gasteiger partial charge on any atom is -0.493 e. The summed E-state index contributed by atoms with van der Waals surface area (Å²) >= 11 is 0. The van der Waals surface area contributed by atoms with E-state index in [1.807, 2.05) is 18.2 Å². The number of aromatic nitrogens is 1. The second-order valence-electron chi connectivity index (χ2n) is 6.01. The fourth-order valence-electron chi connectivity index (χ4n) is 3.21. The van der Waals surface area contributed by atoms with Gasteiger partial charge >= 0.3 is 0 Å². The highest BCUT2D eigenvalue weighted by Crippen LogP contribution is 2.34. The molecule has 3 N–H and O–H groups in total. The molecular formula is C19H18FN3O. The summed E-state index contributed by atoms with van der Waals surface area (Å²) in [4.78, 5) is 4.22. The maximum atomic E-state index is 14.0. The van der Waals surface area contributed by atoms with Crippen molar-refractivity contribution in [2.24, 2.45) is 0 Å². The van der Waals surface area contributed by atoms with Crippen LogP contribution in [-0.2, 0) is 0 Å². The number of para-hydroxylation sites is 1. The summed E-state index contributed by atoms with van der Waals surface area (Å²) < 4.78 is 19.7. The average Bonchev–Trinajstić information content (AvgIpc) is 2.61. The SMILES string of the molecule is Nc1ccc2c(NCC3CCOc4ccccc43)ncc(F)c2c1. The number of rotatable bonds is 3. The number of hydrogen-bond acceptors (Lipinski definition) is 4. The topological polar surface area (TPSA) is 60.2 Å². The summed E-state index contributed by atoms with van der Waals surface area (Å²) in [5.41, 5.74) is 7.51. The van der Waals surface area contributed by atoms with Gasteiger partial charge in [0.2, 0.25) is 0 Å². The zero-order valence-electron chi connectivity index (χ0n) is 13.1. The molecule has 0 radical (unpaired) electrons. The van der Waals surface area contributed by atoms with Crippen molar-refractivity contribution in [2.45, 2.75) is 12.3 Å². The van der Waals surface area contributed by atoms with E-state index in [-0.39, 0.29) is 5.82 Å². The predicted molar refractivity (Wildman–Crippen MR) is 93.9 cm³/mol. The van der Waals surface area contributed by atoms with Crippen LogP contribution in [0.3, 0.4) is 0 Å². The van der Waals surface area contributed by atoms with E-state index in [2.05, 4.69) is 16.4 Å². The van der Waals surface area contributed by atoms with E-state index in [4.69, 9.17) is 10.5 Å². The van der Waals surface area contributed by atoms with Crippen LogP contribution in [0.25, 0.3) is 10.8 Å². The van der Waals surface area contributed by atoms with Gasteiger partial charge in [0.1, 0.15) is 17.4 Å². The van der Waals surface area contributed by atoms with Gasteiger partial charge in [0, 0.05) is 28.9 Å². The lowest BCUT2D eigenvalue weighted by Gasteiger charge is -2.26. The summed E-state index contributed by atoms with van der Waals surface area (Å²) in [6.07, 6.45) is 2.18. The van der Waals surface area contributed by atoms with Crippen molar-refractivity contribution in [3.63, 3.8) is 0 Å². The number of fused-ring (bicyclic) bond motifs is 2. The van der Waals surface area contributed by atoms with Gasteiger partial charge in [-0.05, 0) is 36.2 Å². The molecule has 1 aliphatic heterocycles. The number of pyridine rings is 1. The van der Waals surface area contributed by atoms with Gasteiger partial charge in [-0.25, -0.2) is 9.37 Å². The zero-order valence-corrected chi connectivity index (χ0v) is 13.1. The Kier molecular flexibility index (Phi) is 3.69. The lowest BCUT2D eigenvalue weighted by atomic mass is 9.93. The van der Waals surface area contributed by atoms with Crippen LogP contribution >= 0.6 is 0 Å². The summed E-state index contributed by atoms with van der Waals surface area (Å²) in [5, 5.41) is 4.60. The molecule has 0 fully saturated rings. The van der Waals surface area contributed by atoms with Crippen molar-refractivity contribution in [3.05, 3.63) is 60.0 Å². The number of nitrogens with two attached hydrogens (primary N) is 1. The van der Waals surface area contributed by atoms with Crippen molar-refractivity contribution in [1.29, 1.82) is 0 Å². The first-order valence-corrected chi connectivity index (χ1v) is 8.02. The van der Waals surface area contributed by atoms with Crippen LogP contribution in [-0.4, -0.2) is 18.1 Å². The highest BCUT2D eigenvalue weighted by atomic mass is 19.1. The third kappa shape index (κ3) is 2.62. The monoisotopic (exact) mass is 323 g/mol. The number of halogens is 1. The van der Waals surface area contributed by atoms with E-state index in [1.54, 1.807) is 18.2 Å². The van der Waals surface area contributed by atoms with Gasteiger partial charge in [0.15, 0.2) is 0 Å². The number of nitrogens with one attached hydrogen (secondary N) is 1. The minimum atomic E-state index is -0.362. The average molecular weight is 323 g/mol. The Morgan fingerprint density at radius 1 is 1.21 bits per heavy atom. The van der Waals surface area contributed by atoms with Crippen LogP contribution < -0.4 is 15.8 Å². The van der Waals surface area contributed by atoms with Crippen molar-refractivity contribution in [1.82, 2.24) is 4.98 Å². The molecule has 1 aliphatic rings. The second kappa shape index (κ2) is 6.00. The smallest absolute Gasteiger partial charge is 0.149 e. The number of hydrogen-bond donors (Lipinski definition) is 2. The van der Waals surface area contributed by atoms with E-state index in [9.17, 15) is 4.39 Å². The van der Waals surface area contributed by atoms with E-state index in [0.29, 0.717) is 29.4 Å². The molecule has 24 heavy (non-hydrogen) atoms. The third-order valence-electron chi connectivity index (χ3n) is 4.46. The number of ether oxygens (including phenoxy) is 1. The van der Waals surface area contributed by atoms with E-state index in [0.717, 1.165) is 24.1 Å².